The van der Waals surface area contributed by atoms with Crippen molar-refractivity contribution in [3.05, 3.63) is 33.9 Å². The molecule has 0 aromatic heterocycles. The highest BCUT2D eigenvalue weighted by Crippen LogP contribution is 2.26. The van der Waals surface area contributed by atoms with E-state index in [1.54, 1.807) is 6.07 Å². The van der Waals surface area contributed by atoms with Crippen LogP contribution in [-0.2, 0) is 0 Å². The van der Waals surface area contributed by atoms with Gasteiger partial charge in [-0.25, -0.2) is 0 Å². The molecule has 0 aliphatic carbocycles. The second-order valence-electron chi connectivity index (χ2n) is 5.22. The minimum Gasteiger partial charge on any atom is -0.493 e. The summed E-state index contributed by atoms with van der Waals surface area (Å²) in [6, 6.07) is 4.42. The number of unbranched alkanes of at least 4 members (excludes halogenated alkanes) is 1. The molecule has 0 radical (unpaired) electrons. The molecular weight excluding hydrogens is 270 g/mol. The van der Waals surface area contributed by atoms with Crippen LogP contribution >= 0.6 is 0 Å². The number of carbonyl (C=O) groups is 1. The molecule has 0 amide bonds. The average molecular weight is 293 g/mol. The number of hydrogen-bond acceptors (Lipinski definition) is 4. The van der Waals surface area contributed by atoms with Crippen molar-refractivity contribution in [3.63, 3.8) is 0 Å². The average Bonchev–Trinajstić information content (AvgIpc) is 2.47. The van der Waals surface area contributed by atoms with E-state index >= 15 is 0 Å². The lowest BCUT2D eigenvalue weighted by Gasteiger charge is -2.15. The molecule has 0 aliphatic rings. The molecule has 116 valence electrons. The van der Waals surface area contributed by atoms with Gasteiger partial charge in [-0.05, 0) is 31.4 Å². The van der Waals surface area contributed by atoms with Gasteiger partial charge in [-0.3, -0.25) is 14.9 Å². The molecule has 21 heavy (non-hydrogen) atoms. The minimum absolute atomic E-state index is 0.116. The predicted octanol–water partition coefficient (Wildman–Crippen LogP) is 4.39. The van der Waals surface area contributed by atoms with Gasteiger partial charge in [0.2, 0.25) is 0 Å². The Morgan fingerprint density at radius 1 is 1.38 bits per heavy atom. The van der Waals surface area contributed by atoms with Crippen LogP contribution in [0.2, 0.25) is 0 Å². The van der Waals surface area contributed by atoms with E-state index in [0.29, 0.717) is 18.3 Å². The Labute approximate surface area is 125 Å². The summed E-state index contributed by atoms with van der Waals surface area (Å²) in [5.41, 5.74) is -0.0769. The Balaban J connectivity index is 2.78. The third kappa shape index (κ3) is 5.17. The van der Waals surface area contributed by atoms with Gasteiger partial charge in [0, 0.05) is 0 Å². The lowest BCUT2D eigenvalue weighted by atomic mass is 10.0. The smallest absolute Gasteiger partial charge is 0.283 e. The van der Waals surface area contributed by atoms with E-state index in [1.165, 1.54) is 19.1 Å². The summed E-state index contributed by atoms with van der Waals surface area (Å²) < 4.78 is 5.67. The fourth-order valence-corrected chi connectivity index (χ4v) is 2.16. The molecule has 1 aromatic rings. The monoisotopic (exact) mass is 293 g/mol. The van der Waals surface area contributed by atoms with Crippen LogP contribution in [0.4, 0.5) is 5.69 Å². The molecule has 1 unspecified atom stereocenters. The first-order valence-electron chi connectivity index (χ1n) is 7.41. The van der Waals surface area contributed by atoms with Gasteiger partial charge in [-0.2, -0.15) is 0 Å². The molecule has 0 aliphatic heterocycles. The summed E-state index contributed by atoms with van der Waals surface area (Å²) in [5.74, 6) is 0.584. The number of nitro groups is 1. The summed E-state index contributed by atoms with van der Waals surface area (Å²) in [6.45, 7) is 6.14. The van der Waals surface area contributed by atoms with Gasteiger partial charge < -0.3 is 4.74 Å². The van der Waals surface area contributed by atoms with Gasteiger partial charge in [-0.15, -0.1) is 0 Å². The Morgan fingerprint density at radius 2 is 2.10 bits per heavy atom. The van der Waals surface area contributed by atoms with Crippen LogP contribution < -0.4 is 4.74 Å². The van der Waals surface area contributed by atoms with Crippen LogP contribution in [0.5, 0.6) is 5.75 Å². The van der Waals surface area contributed by atoms with Crippen LogP contribution in [0.3, 0.4) is 0 Å². The van der Waals surface area contributed by atoms with Gasteiger partial charge in [0.1, 0.15) is 5.75 Å². The fraction of sp³-hybridized carbons (Fsp3) is 0.562. The molecule has 0 saturated carbocycles. The molecule has 5 nitrogen and oxygen atoms in total. The Hall–Kier alpha value is -1.91. The van der Waals surface area contributed by atoms with Gasteiger partial charge in [-0.1, -0.05) is 33.1 Å². The van der Waals surface area contributed by atoms with E-state index in [-0.39, 0.29) is 17.0 Å². The Morgan fingerprint density at radius 3 is 2.62 bits per heavy atom. The van der Waals surface area contributed by atoms with E-state index in [4.69, 9.17) is 4.74 Å². The second-order valence-corrected chi connectivity index (χ2v) is 5.22. The van der Waals surface area contributed by atoms with Gasteiger partial charge in [0.15, 0.2) is 5.78 Å². The predicted molar refractivity (Wildman–Crippen MR) is 81.9 cm³/mol. The lowest BCUT2D eigenvalue weighted by Crippen LogP contribution is -2.11. The highest BCUT2D eigenvalue weighted by Gasteiger charge is 2.18. The molecule has 1 rings (SSSR count). The summed E-state index contributed by atoms with van der Waals surface area (Å²) in [7, 11) is 0. The SMILES string of the molecule is CCCCC(CC)COc1ccc(C(C)=O)c([N+](=O)[O-])c1. The fourth-order valence-electron chi connectivity index (χ4n) is 2.16. The maximum Gasteiger partial charge on any atom is 0.283 e. The van der Waals surface area contributed by atoms with Crippen molar-refractivity contribution in [1.29, 1.82) is 0 Å². The molecule has 0 heterocycles. The minimum atomic E-state index is -0.544. The zero-order valence-corrected chi connectivity index (χ0v) is 12.9. The van der Waals surface area contributed by atoms with Gasteiger partial charge in [0.25, 0.3) is 5.69 Å². The highest BCUT2D eigenvalue weighted by atomic mass is 16.6. The van der Waals surface area contributed by atoms with E-state index in [0.717, 1.165) is 25.7 Å². The third-order valence-electron chi connectivity index (χ3n) is 3.57. The van der Waals surface area contributed by atoms with Crippen LogP contribution in [0, 0.1) is 16.0 Å². The van der Waals surface area contributed by atoms with E-state index in [2.05, 4.69) is 13.8 Å². The zero-order valence-electron chi connectivity index (χ0n) is 12.9. The number of rotatable bonds is 9. The normalized spacial score (nSPS) is 12.0. The number of benzene rings is 1. The topological polar surface area (TPSA) is 69.4 Å². The Bertz CT molecular complexity index is 499. The molecular formula is C16H23NO4. The quantitative estimate of drug-likeness (QED) is 0.384. The molecule has 0 bridgehead atoms. The van der Waals surface area contributed by atoms with E-state index in [9.17, 15) is 14.9 Å². The molecule has 0 N–H and O–H groups in total. The first-order chi connectivity index (χ1) is 9.99. The zero-order chi connectivity index (χ0) is 15.8. The van der Waals surface area contributed by atoms with Crippen LogP contribution in [0.1, 0.15) is 56.8 Å². The van der Waals surface area contributed by atoms with Crippen molar-refractivity contribution in [2.24, 2.45) is 5.92 Å². The number of Topliss-reactive ketones (excluding diaryl/α,β-unsaturated/α-hetero) is 1. The standard InChI is InChI=1S/C16H23NO4/c1-4-6-7-13(5-2)11-21-14-8-9-15(12(3)18)16(10-14)17(19)20/h8-10,13H,4-7,11H2,1-3H3. The number of hydrogen-bond donors (Lipinski definition) is 0. The largest absolute Gasteiger partial charge is 0.493 e. The van der Waals surface area contributed by atoms with Crippen LogP contribution in [0.25, 0.3) is 0 Å². The summed E-state index contributed by atoms with van der Waals surface area (Å²) in [4.78, 5) is 21.8. The first-order valence-corrected chi connectivity index (χ1v) is 7.41. The van der Waals surface area contributed by atoms with E-state index < -0.39 is 4.92 Å². The van der Waals surface area contributed by atoms with Gasteiger partial charge in [0.05, 0.1) is 23.2 Å². The van der Waals surface area contributed by atoms with Crippen molar-refractivity contribution in [2.75, 3.05) is 6.61 Å². The number of carbonyl (C=O) groups excluding carboxylic acids is 1. The van der Waals surface area contributed by atoms with Crippen LogP contribution in [-0.4, -0.2) is 17.3 Å². The number of ether oxygens (including phenoxy) is 1. The lowest BCUT2D eigenvalue weighted by molar-refractivity contribution is -0.385. The summed E-state index contributed by atoms with van der Waals surface area (Å²) in [6.07, 6.45) is 4.43. The molecule has 1 aromatic carbocycles. The molecule has 0 fully saturated rings. The van der Waals surface area contributed by atoms with E-state index in [1.807, 2.05) is 0 Å². The number of nitrogens with zero attached hydrogens (tertiary/aromatic N) is 1. The highest BCUT2D eigenvalue weighted by molar-refractivity contribution is 5.98. The molecule has 5 heteroatoms. The number of ketones is 1. The van der Waals surface area contributed by atoms with Crippen molar-refractivity contribution in [1.82, 2.24) is 0 Å². The summed E-state index contributed by atoms with van der Waals surface area (Å²) >= 11 is 0. The van der Waals surface area contributed by atoms with Crippen molar-refractivity contribution < 1.29 is 14.5 Å². The van der Waals surface area contributed by atoms with Crippen molar-refractivity contribution in [2.45, 2.75) is 46.5 Å². The molecule has 1 atom stereocenters. The second kappa shape index (κ2) is 8.39. The van der Waals surface area contributed by atoms with Crippen molar-refractivity contribution in [3.8, 4) is 5.75 Å². The maximum atomic E-state index is 11.4. The molecule has 0 saturated heterocycles. The van der Waals surface area contributed by atoms with Crippen molar-refractivity contribution >= 4 is 11.5 Å². The number of nitro benzene ring substituents is 1. The first kappa shape index (κ1) is 17.1. The third-order valence-corrected chi connectivity index (χ3v) is 3.57. The maximum absolute atomic E-state index is 11.4. The Kier molecular flexibility index (Phi) is 6.85. The summed E-state index contributed by atoms with van der Waals surface area (Å²) in [5, 5.41) is 11.0. The van der Waals surface area contributed by atoms with Crippen LogP contribution in [0.15, 0.2) is 18.2 Å². The molecule has 0 spiro atoms. The van der Waals surface area contributed by atoms with Gasteiger partial charge >= 0.3 is 0 Å².